The average molecular weight is 200 g/mol. The quantitative estimate of drug-likeness (QED) is 0.637. The predicted molar refractivity (Wildman–Crippen MR) is 61.1 cm³/mol. The van der Waals surface area contributed by atoms with E-state index in [1.165, 1.54) is 0 Å². The molecule has 0 aromatic rings. The van der Waals surface area contributed by atoms with E-state index in [9.17, 15) is 4.79 Å². The molecule has 0 fully saturated rings. The highest BCUT2D eigenvalue weighted by molar-refractivity contribution is 5.78. The highest BCUT2D eigenvalue weighted by Gasteiger charge is 2.27. The molecule has 0 bridgehead atoms. The second-order valence-corrected chi connectivity index (χ2v) is 6.55. The van der Waals surface area contributed by atoms with E-state index in [4.69, 9.17) is 0 Å². The summed E-state index contributed by atoms with van der Waals surface area (Å²) in [4.78, 5) is 11.5. The van der Waals surface area contributed by atoms with E-state index in [1.807, 2.05) is 0 Å². The Morgan fingerprint density at radius 2 is 1.64 bits per heavy atom. The first-order chi connectivity index (χ1) is 6.01. The summed E-state index contributed by atoms with van der Waals surface area (Å²) in [6, 6.07) is 0. The molecule has 0 radical (unpaired) electrons. The van der Waals surface area contributed by atoms with Crippen LogP contribution in [0.3, 0.4) is 0 Å². The number of hydrogen-bond acceptors (Lipinski definition) is 1. The summed E-state index contributed by atoms with van der Waals surface area (Å²) in [5.41, 5.74) is 0.242. The molecule has 0 aromatic heterocycles. The molecule has 0 aliphatic heterocycles. The number of nitrogens with zero attached hydrogens (tertiary/aromatic N) is 1. The molecule has 0 rings (SSSR count). The van der Waals surface area contributed by atoms with Crippen LogP contribution in [0.5, 0.6) is 0 Å². The van der Waals surface area contributed by atoms with E-state index in [0.29, 0.717) is 5.78 Å². The van der Waals surface area contributed by atoms with Gasteiger partial charge in [0.05, 0.1) is 33.6 Å². The fraction of sp³-hybridized carbons (Fsp3) is 0.917. The Morgan fingerprint density at radius 3 is 1.86 bits per heavy atom. The molecule has 84 valence electrons. The molecular weight excluding hydrogens is 174 g/mol. The van der Waals surface area contributed by atoms with E-state index in [1.54, 1.807) is 6.92 Å². The molecule has 0 saturated carbocycles. The third-order valence-corrected chi connectivity index (χ3v) is 2.20. The zero-order chi connectivity index (χ0) is 11.6. The van der Waals surface area contributed by atoms with Gasteiger partial charge in [0.2, 0.25) is 0 Å². The Labute approximate surface area is 88.9 Å². The first kappa shape index (κ1) is 13.6. The SMILES string of the molecule is CC(=O)C(CC(C)(C)C)C[N+](C)(C)C. The van der Waals surface area contributed by atoms with Crippen molar-refractivity contribution in [1.29, 1.82) is 0 Å². The molecule has 2 nitrogen and oxygen atoms in total. The second-order valence-electron chi connectivity index (χ2n) is 6.55. The summed E-state index contributed by atoms with van der Waals surface area (Å²) >= 11 is 0. The molecule has 1 atom stereocenters. The monoisotopic (exact) mass is 200 g/mol. The van der Waals surface area contributed by atoms with E-state index < -0.39 is 0 Å². The van der Waals surface area contributed by atoms with Gasteiger partial charge in [-0.15, -0.1) is 0 Å². The zero-order valence-electron chi connectivity index (χ0n) is 10.8. The Hall–Kier alpha value is -0.370. The Balaban J connectivity index is 4.40. The van der Waals surface area contributed by atoms with Crippen molar-refractivity contribution < 1.29 is 9.28 Å². The van der Waals surface area contributed by atoms with E-state index in [2.05, 4.69) is 41.9 Å². The summed E-state index contributed by atoms with van der Waals surface area (Å²) in [5, 5.41) is 0. The largest absolute Gasteiger partial charge is 0.330 e. The van der Waals surface area contributed by atoms with Crippen LogP contribution < -0.4 is 0 Å². The maximum absolute atomic E-state index is 11.5. The maximum Gasteiger partial charge on any atom is 0.138 e. The van der Waals surface area contributed by atoms with Gasteiger partial charge >= 0.3 is 0 Å². The van der Waals surface area contributed by atoms with E-state index >= 15 is 0 Å². The fourth-order valence-electron chi connectivity index (χ4n) is 1.74. The smallest absolute Gasteiger partial charge is 0.138 e. The molecule has 2 heteroatoms. The van der Waals surface area contributed by atoms with Gasteiger partial charge in [0.15, 0.2) is 0 Å². The van der Waals surface area contributed by atoms with Gasteiger partial charge in [-0.05, 0) is 18.8 Å². The fourth-order valence-corrected chi connectivity index (χ4v) is 1.74. The van der Waals surface area contributed by atoms with Crippen molar-refractivity contribution in [2.45, 2.75) is 34.1 Å². The summed E-state index contributed by atoms with van der Waals surface area (Å²) in [6.45, 7) is 9.23. The van der Waals surface area contributed by atoms with Crippen LogP contribution in [0.4, 0.5) is 0 Å². The summed E-state index contributed by atoms with van der Waals surface area (Å²) in [5.74, 6) is 0.531. The van der Waals surface area contributed by atoms with Gasteiger partial charge in [-0.25, -0.2) is 0 Å². The highest BCUT2D eigenvalue weighted by Crippen LogP contribution is 2.26. The molecule has 0 aromatic carbocycles. The van der Waals surface area contributed by atoms with Crippen molar-refractivity contribution in [3.05, 3.63) is 0 Å². The van der Waals surface area contributed by atoms with Crippen LogP contribution in [-0.4, -0.2) is 38.0 Å². The number of ketones is 1. The lowest BCUT2D eigenvalue weighted by Gasteiger charge is -2.31. The minimum Gasteiger partial charge on any atom is -0.330 e. The lowest BCUT2D eigenvalue weighted by atomic mass is 9.82. The van der Waals surface area contributed by atoms with Crippen molar-refractivity contribution in [3.63, 3.8) is 0 Å². The summed E-state index contributed by atoms with van der Waals surface area (Å²) < 4.78 is 0.861. The lowest BCUT2D eigenvalue weighted by Crippen LogP contribution is -2.42. The van der Waals surface area contributed by atoms with Crippen molar-refractivity contribution >= 4 is 5.78 Å². The number of hydrogen-bond donors (Lipinski definition) is 0. The van der Waals surface area contributed by atoms with Crippen LogP contribution in [0.25, 0.3) is 0 Å². The molecule has 1 unspecified atom stereocenters. The van der Waals surface area contributed by atoms with Crippen LogP contribution >= 0.6 is 0 Å². The van der Waals surface area contributed by atoms with Crippen LogP contribution in [0, 0.1) is 11.3 Å². The molecule has 0 aliphatic rings. The number of rotatable bonds is 4. The van der Waals surface area contributed by atoms with E-state index in [0.717, 1.165) is 17.4 Å². The van der Waals surface area contributed by atoms with Crippen molar-refractivity contribution in [3.8, 4) is 0 Å². The van der Waals surface area contributed by atoms with Gasteiger partial charge in [0.1, 0.15) is 5.78 Å². The zero-order valence-corrected chi connectivity index (χ0v) is 10.8. The Morgan fingerprint density at radius 1 is 1.21 bits per heavy atom. The number of carbonyl (C=O) groups is 1. The molecular formula is C12H26NO+. The molecule has 0 heterocycles. The highest BCUT2D eigenvalue weighted by atomic mass is 16.1. The van der Waals surface area contributed by atoms with Crippen molar-refractivity contribution in [2.75, 3.05) is 27.7 Å². The first-order valence-corrected chi connectivity index (χ1v) is 5.32. The molecule has 0 spiro atoms. The summed E-state index contributed by atoms with van der Waals surface area (Å²) in [6.07, 6.45) is 0.984. The minimum absolute atomic E-state index is 0.204. The van der Waals surface area contributed by atoms with Gasteiger partial charge in [0.25, 0.3) is 0 Å². The van der Waals surface area contributed by atoms with Gasteiger partial charge in [-0.3, -0.25) is 4.79 Å². The first-order valence-electron chi connectivity index (χ1n) is 5.32. The minimum atomic E-state index is 0.204. The molecule has 0 saturated heterocycles. The third-order valence-electron chi connectivity index (χ3n) is 2.20. The lowest BCUT2D eigenvalue weighted by molar-refractivity contribution is -0.872. The van der Waals surface area contributed by atoms with Crippen LogP contribution in [-0.2, 0) is 4.79 Å². The predicted octanol–water partition coefficient (Wildman–Crippen LogP) is 2.33. The maximum atomic E-state index is 11.5. The molecule has 0 amide bonds. The average Bonchev–Trinajstić information content (AvgIpc) is 1.78. The Kier molecular flexibility index (Phi) is 4.32. The van der Waals surface area contributed by atoms with Crippen molar-refractivity contribution in [2.24, 2.45) is 11.3 Å². The third kappa shape index (κ3) is 7.07. The molecule has 0 aliphatic carbocycles. The standard InChI is InChI=1S/C12H26NO/c1-10(14)11(8-12(2,3)4)9-13(5,6)7/h11H,8-9H2,1-7H3/q+1. The normalized spacial score (nSPS) is 15.4. The second kappa shape index (κ2) is 4.43. The van der Waals surface area contributed by atoms with Gasteiger partial charge in [0, 0.05) is 0 Å². The van der Waals surface area contributed by atoms with Crippen molar-refractivity contribution in [1.82, 2.24) is 0 Å². The topological polar surface area (TPSA) is 17.1 Å². The summed E-state index contributed by atoms with van der Waals surface area (Å²) in [7, 11) is 6.41. The Bertz CT molecular complexity index is 179. The van der Waals surface area contributed by atoms with Gasteiger partial charge in [-0.1, -0.05) is 20.8 Å². The number of Topliss-reactive ketones (excluding diaryl/α,β-unsaturated/α-hetero) is 1. The van der Waals surface area contributed by atoms with Gasteiger partial charge < -0.3 is 4.48 Å². The van der Waals surface area contributed by atoms with Crippen LogP contribution in [0.2, 0.25) is 0 Å². The molecule has 0 N–H and O–H groups in total. The number of quaternary nitrogens is 1. The van der Waals surface area contributed by atoms with Crippen LogP contribution in [0.1, 0.15) is 34.1 Å². The molecule has 14 heavy (non-hydrogen) atoms. The van der Waals surface area contributed by atoms with Crippen LogP contribution in [0.15, 0.2) is 0 Å². The van der Waals surface area contributed by atoms with Gasteiger partial charge in [-0.2, -0.15) is 0 Å². The van der Waals surface area contributed by atoms with E-state index in [-0.39, 0.29) is 11.3 Å². The number of carbonyl (C=O) groups excluding carboxylic acids is 1.